The number of imide groups is 1. The highest BCUT2D eigenvalue weighted by Crippen LogP contribution is 2.04. The second kappa shape index (κ2) is 6.60. The summed E-state index contributed by atoms with van der Waals surface area (Å²) in [4.78, 5) is 39.6. The zero-order valence-electron chi connectivity index (χ0n) is 10.8. The highest BCUT2D eigenvalue weighted by molar-refractivity contribution is 6.41. The molecule has 0 aliphatic rings. The van der Waals surface area contributed by atoms with E-state index >= 15 is 0 Å². The molecule has 0 bridgehead atoms. The number of nitrogens with one attached hydrogen (secondary N) is 1. The van der Waals surface area contributed by atoms with E-state index in [-0.39, 0.29) is 18.9 Å². The maximum atomic E-state index is 11.8. The van der Waals surface area contributed by atoms with Gasteiger partial charge in [-0.25, -0.2) is 4.98 Å². The van der Waals surface area contributed by atoms with Gasteiger partial charge < -0.3 is 11.1 Å². The van der Waals surface area contributed by atoms with Crippen LogP contribution in [0.3, 0.4) is 0 Å². The fourth-order valence-electron chi connectivity index (χ4n) is 1.44. The zero-order valence-corrected chi connectivity index (χ0v) is 10.8. The third-order valence-corrected chi connectivity index (χ3v) is 2.30. The Morgan fingerprint density at radius 1 is 1.37 bits per heavy atom. The summed E-state index contributed by atoms with van der Waals surface area (Å²) in [5.74, 6) is -2.12. The molecule has 19 heavy (non-hydrogen) atoms. The highest BCUT2D eigenvalue weighted by Gasteiger charge is 2.24. The summed E-state index contributed by atoms with van der Waals surface area (Å²) in [6, 6.07) is 5.01. The molecule has 0 saturated carbocycles. The molecule has 1 heterocycles. The van der Waals surface area contributed by atoms with Gasteiger partial charge in [-0.3, -0.25) is 19.3 Å². The molecule has 0 spiro atoms. The van der Waals surface area contributed by atoms with Crippen LogP contribution in [0.2, 0.25) is 0 Å². The van der Waals surface area contributed by atoms with E-state index in [1.165, 1.54) is 6.92 Å². The van der Waals surface area contributed by atoms with E-state index in [9.17, 15) is 14.4 Å². The van der Waals surface area contributed by atoms with E-state index in [2.05, 4.69) is 10.3 Å². The number of carbonyl (C=O) groups is 3. The van der Waals surface area contributed by atoms with Crippen LogP contribution >= 0.6 is 0 Å². The van der Waals surface area contributed by atoms with Crippen LogP contribution in [-0.2, 0) is 14.4 Å². The summed E-state index contributed by atoms with van der Waals surface area (Å²) < 4.78 is 0. The molecule has 1 aromatic rings. The molecule has 3 N–H and O–H groups in total. The number of aryl methyl sites for hydroxylation is 1. The Bertz CT molecular complexity index is 502. The van der Waals surface area contributed by atoms with E-state index in [0.29, 0.717) is 5.69 Å². The Kier molecular flexibility index (Phi) is 5.13. The van der Waals surface area contributed by atoms with Gasteiger partial charge in [-0.1, -0.05) is 6.07 Å². The second-order valence-corrected chi connectivity index (χ2v) is 3.88. The van der Waals surface area contributed by atoms with Crippen molar-refractivity contribution in [2.45, 2.75) is 13.8 Å². The Balaban J connectivity index is 2.76. The first-order chi connectivity index (χ1) is 8.95. The smallest absolute Gasteiger partial charge is 0.318 e. The van der Waals surface area contributed by atoms with Gasteiger partial charge in [0, 0.05) is 25.7 Å². The van der Waals surface area contributed by atoms with Crippen molar-refractivity contribution in [3.8, 4) is 0 Å². The Hall–Kier alpha value is -2.28. The molecule has 1 aromatic heterocycles. The number of anilines is 1. The van der Waals surface area contributed by atoms with Crippen molar-refractivity contribution in [3.05, 3.63) is 23.9 Å². The Morgan fingerprint density at radius 2 is 2.05 bits per heavy atom. The van der Waals surface area contributed by atoms with Crippen molar-refractivity contribution < 1.29 is 14.4 Å². The number of aromatic nitrogens is 1. The molecular weight excluding hydrogens is 248 g/mol. The van der Waals surface area contributed by atoms with Gasteiger partial charge in [-0.15, -0.1) is 0 Å². The van der Waals surface area contributed by atoms with Crippen molar-refractivity contribution >= 4 is 23.5 Å². The monoisotopic (exact) mass is 264 g/mol. The highest BCUT2D eigenvalue weighted by atomic mass is 16.2. The molecule has 1 rings (SSSR count). The van der Waals surface area contributed by atoms with Crippen LogP contribution in [0, 0.1) is 6.92 Å². The van der Waals surface area contributed by atoms with Crippen LogP contribution in [-0.4, -0.2) is 40.7 Å². The third kappa shape index (κ3) is 4.14. The lowest BCUT2D eigenvalue weighted by molar-refractivity contribution is -0.149. The van der Waals surface area contributed by atoms with Crippen molar-refractivity contribution in [1.29, 1.82) is 0 Å². The van der Waals surface area contributed by atoms with Crippen LogP contribution < -0.4 is 11.1 Å². The van der Waals surface area contributed by atoms with E-state index in [0.717, 1.165) is 4.90 Å². The van der Waals surface area contributed by atoms with Crippen LogP contribution in [0.15, 0.2) is 18.2 Å². The number of pyridine rings is 1. The van der Waals surface area contributed by atoms with E-state index in [1.807, 2.05) is 0 Å². The molecule has 0 radical (unpaired) electrons. The summed E-state index contributed by atoms with van der Waals surface area (Å²) in [5.41, 5.74) is 5.99. The van der Waals surface area contributed by atoms with Crippen LogP contribution in [0.25, 0.3) is 0 Å². The predicted octanol–water partition coefficient (Wildman–Crippen LogP) is -0.338. The largest absolute Gasteiger partial charge is 0.329 e. The first-order valence-electron chi connectivity index (χ1n) is 5.73. The number of nitrogens with two attached hydrogens (primary N) is 1. The van der Waals surface area contributed by atoms with Crippen molar-refractivity contribution in [2.24, 2.45) is 5.73 Å². The Labute approximate surface area is 110 Å². The van der Waals surface area contributed by atoms with Crippen molar-refractivity contribution in [3.63, 3.8) is 0 Å². The molecule has 0 aliphatic heterocycles. The molecule has 0 atom stereocenters. The van der Waals surface area contributed by atoms with Gasteiger partial charge in [-0.05, 0) is 19.1 Å². The fourth-order valence-corrected chi connectivity index (χ4v) is 1.44. The number of hydrogen-bond donors (Lipinski definition) is 2. The summed E-state index contributed by atoms with van der Waals surface area (Å²) in [7, 11) is 0. The van der Waals surface area contributed by atoms with Gasteiger partial charge >= 0.3 is 11.8 Å². The Morgan fingerprint density at radius 3 is 2.58 bits per heavy atom. The van der Waals surface area contributed by atoms with Gasteiger partial charge in [0.05, 0.1) is 0 Å². The summed E-state index contributed by atoms with van der Waals surface area (Å²) in [6.07, 6.45) is 0. The summed E-state index contributed by atoms with van der Waals surface area (Å²) >= 11 is 0. The molecule has 0 aliphatic carbocycles. The zero-order chi connectivity index (χ0) is 14.4. The summed E-state index contributed by atoms with van der Waals surface area (Å²) in [6.45, 7) is 3.06. The topological polar surface area (TPSA) is 105 Å². The number of hydrogen-bond acceptors (Lipinski definition) is 5. The van der Waals surface area contributed by atoms with E-state index < -0.39 is 17.7 Å². The van der Waals surface area contributed by atoms with E-state index in [1.54, 1.807) is 25.1 Å². The molecule has 0 unspecified atom stereocenters. The van der Waals surface area contributed by atoms with Gasteiger partial charge in [0.2, 0.25) is 5.91 Å². The minimum Gasteiger partial charge on any atom is -0.329 e. The number of nitrogens with zero attached hydrogens (tertiary/aromatic N) is 2. The van der Waals surface area contributed by atoms with Gasteiger partial charge in [0.25, 0.3) is 0 Å². The van der Waals surface area contributed by atoms with Gasteiger partial charge in [0.15, 0.2) is 0 Å². The van der Waals surface area contributed by atoms with Gasteiger partial charge in [-0.2, -0.15) is 0 Å². The van der Waals surface area contributed by atoms with Crippen molar-refractivity contribution in [1.82, 2.24) is 9.88 Å². The average Bonchev–Trinajstić information content (AvgIpc) is 2.34. The fraction of sp³-hybridized carbons (Fsp3) is 0.333. The molecule has 7 nitrogen and oxygen atoms in total. The summed E-state index contributed by atoms with van der Waals surface area (Å²) in [5, 5.41) is 2.34. The molecular formula is C12H16N4O3. The first-order valence-corrected chi connectivity index (χ1v) is 5.73. The number of carbonyl (C=O) groups excluding carboxylic acids is 3. The molecule has 0 aromatic carbocycles. The minimum absolute atomic E-state index is 0.00281. The number of amides is 3. The third-order valence-electron chi connectivity index (χ3n) is 2.30. The predicted molar refractivity (Wildman–Crippen MR) is 69.1 cm³/mol. The lowest BCUT2D eigenvalue weighted by Crippen LogP contribution is -2.44. The molecule has 0 saturated heterocycles. The maximum Gasteiger partial charge on any atom is 0.318 e. The van der Waals surface area contributed by atoms with Gasteiger partial charge in [0.1, 0.15) is 5.82 Å². The molecule has 3 amide bonds. The maximum absolute atomic E-state index is 11.8. The number of rotatable bonds is 3. The average molecular weight is 264 g/mol. The standard InChI is InChI=1S/C12H16N4O3/c1-8-4-3-5-10(14-8)15-11(18)12(19)16(7-6-13)9(2)17/h3-5H,6-7,13H2,1-2H3,(H,14,15,18). The quantitative estimate of drug-likeness (QED) is 0.727. The van der Waals surface area contributed by atoms with Crippen LogP contribution in [0.4, 0.5) is 5.82 Å². The van der Waals surface area contributed by atoms with Crippen molar-refractivity contribution in [2.75, 3.05) is 18.4 Å². The SMILES string of the molecule is CC(=O)N(CCN)C(=O)C(=O)Nc1cccc(C)n1. The van der Waals surface area contributed by atoms with Crippen LogP contribution in [0.1, 0.15) is 12.6 Å². The molecule has 102 valence electrons. The molecule has 7 heteroatoms. The second-order valence-electron chi connectivity index (χ2n) is 3.88. The lowest BCUT2D eigenvalue weighted by atomic mass is 10.3. The first kappa shape index (κ1) is 14.8. The molecule has 0 fully saturated rings. The minimum atomic E-state index is -0.943. The van der Waals surface area contributed by atoms with Crippen LogP contribution in [0.5, 0.6) is 0 Å². The van der Waals surface area contributed by atoms with E-state index in [4.69, 9.17) is 5.73 Å². The normalized spacial score (nSPS) is 9.84. The lowest BCUT2D eigenvalue weighted by Gasteiger charge is -2.17.